The minimum absolute atomic E-state index is 0.0106. The number of carbonyl (C=O) groups excluding carboxylic acids is 1. The lowest BCUT2D eigenvalue weighted by molar-refractivity contribution is 0.0919. The van der Waals surface area contributed by atoms with Crippen LogP contribution in [0.15, 0.2) is 48.8 Å². The molecule has 45 heavy (non-hydrogen) atoms. The van der Waals surface area contributed by atoms with Crippen molar-refractivity contribution in [2.45, 2.75) is 45.9 Å². The molecule has 0 saturated carbocycles. The molecule has 0 fully saturated rings. The Morgan fingerprint density at radius 1 is 1.09 bits per heavy atom. The van der Waals surface area contributed by atoms with E-state index in [0.717, 1.165) is 16.0 Å². The van der Waals surface area contributed by atoms with Gasteiger partial charge in [0.25, 0.3) is 5.91 Å². The molecule has 3 unspecified atom stereocenters. The van der Waals surface area contributed by atoms with E-state index in [9.17, 15) is 19.8 Å². The van der Waals surface area contributed by atoms with Crippen LogP contribution in [0.25, 0.3) is 31.8 Å². The van der Waals surface area contributed by atoms with Gasteiger partial charge in [-0.1, -0.05) is 0 Å². The smallest absolute Gasteiger partial charge is 0.412 e. The lowest BCUT2D eigenvalue weighted by Crippen LogP contribution is -2.46. The Balaban J connectivity index is 1.41. The summed E-state index contributed by atoms with van der Waals surface area (Å²) >= 11 is 1.34. The zero-order chi connectivity index (χ0) is 32.4. The third kappa shape index (κ3) is 6.76. The first-order valence-electron chi connectivity index (χ1n) is 14.0. The van der Waals surface area contributed by atoms with E-state index >= 15 is 4.39 Å². The molecule has 3 N–H and O–H groups in total. The molecular formula is C31H31FN6O6S. The Bertz CT molecular complexity index is 1900. The predicted octanol–water partition coefficient (Wildman–Crippen LogP) is 5.21. The Morgan fingerprint density at radius 2 is 1.87 bits per heavy atom. The van der Waals surface area contributed by atoms with Crippen LogP contribution in [0.5, 0.6) is 11.6 Å². The van der Waals surface area contributed by atoms with Crippen molar-refractivity contribution in [2.24, 2.45) is 0 Å². The molecule has 0 radical (unpaired) electrons. The van der Waals surface area contributed by atoms with E-state index in [0.29, 0.717) is 32.1 Å². The van der Waals surface area contributed by atoms with Crippen LogP contribution < -0.4 is 19.7 Å². The SMILES string of the molecule is COc1cnc2c(-c3nc4cc(F)c(OC(C)C(C)N(C(=O)O)c5ccnc(C(=O)NCC(C)O)c5)cc4s3)cc(C)cc2n1. The summed E-state index contributed by atoms with van der Waals surface area (Å²) in [6, 6.07) is 8.64. The maximum absolute atomic E-state index is 15.3. The van der Waals surface area contributed by atoms with Crippen molar-refractivity contribution in [1.82, 2.24) is 25.3 Å². The van der Waals surface area contributed by atoms with Gasteiger partial charge in [0, 0.05) is 30.4 Å². The molecule has 0 bridgehead atoms. The minimum atomic E-state index is -1.30. The van der Waals surface area contributed by atoms with Gasteiger partial charge in [0.05, 0.1) is 52.4 Å². The molecule has 3 aromatic heterocycles. The van der Waals surface area contributed by atoms with Crippen molar-refractivity contribution < 1.29 is 33.7 Å². The van der Waals surface area contributed by atoms with Gasteiger partial charge >= 0.3 is 6.09 Å². The molecule has 3 heterocycles. The number of fused-ring (bicyclic) bond motifs is 2. The fourth-order valence-electron chi connectivity index (χ4n) is 4.70. The number of carbonyl (C=O) groups is 2. The highest BCUT2D eigenvalue weighted by Crippen LogP contribution is 2.37. The van der Waals surface area contributed by atoms with E-state index in [2.05, 4.69) is 25.3 Å². The molecular weight excluding hydrogens is 603 g/mol. The highest BCUT2D eigenvalue weighted by Gasteiger charge is 2.29. The third-order valence-corrected chi connectivity index (χ3v) is 8.12. The standard InChI is InChI=1S/C31H31FN6O6S/c1-15-8-20(28-23(9-15)36-27(43-5)14-34-28)30-37-22-11-21(32)25(12-26(22)45-30)44-18(4)17(3)38(31(41)42)19-6-7-33-24(10-19)29(40)35-13-16(2)39/h6-12,14,16-18,39H,13H2,1-5H3,(H,35,40)(H,41,42). The van der Waals surface area contributed by atoms with Crippen molar-refractivity contribution in [3.8, 4) is 22.2 Å². The van der Waals surface area contributed by atoms with E-state index in [-0.39, 0.29) is 23.7 Å². The van der Waals surface area contributed by atoms with Gasteiger partial charge in [-0.3, -0.25) is 14.7 Å². The lowest BCUT2D eigenvalue weighted by atomic mass is 10.1. The monoisotopic (exact) mass is 634 g/mol. The van der Waals surface area contributed by atoms with Crippen LogP contribution in [-0.4, -0.2) is 74.1 Å². The number of nitrogens with zero attached hydrogens (tertiary/aromatic N) is 5. The molecule has 12 nitrogen and oxygen atoms in total. The number of hydrogen-bond donors (Lipinski definition) is 3. The molecule has 3 atom stereocenters. The molecule has 0 aliphatic heterocycles. The molecule has 5 rings (SSSR count). The molecule has 234 valence electrons. The fourth-order valence-corrected chi connectivity index (χ4v) is 5.69. The van der Waals surface area contributed by atoms with Gasteiger partial charge in [0.2, 0.25) is 5.88 Å². The number of rotatable bonds is 10. The number of methoxy groups -OCH3 is 1. The fraction of sp³-hybridized carbons (Fsp3) is 0.290. The lowest BCUT2D eigenvalue weighted by Gasteiger charge is -2.31. The zero-order valence-corrected chi connectivity index (χ0v) is 25.9. The molecule has 0 saturated heterocycles. The van der Waals surface area contributed by atoms with Crippen molar-refractivity contribution >= 4 is 50.3 Å². The molecule has 0 aliphatic carbocycles. The number of hydrogen-bond acceptors (Lipinski definition) is 10. The Kier molecular flexibility index (Phi) is 9.06. The number of benzene rings is 2. The summed E-state index contributed by atoms with van der Waals surface area (Å²) in [4.78, 5) is 43.5. The molecule has 2 aromatic carbocycles. The number of aliphatic hydroxyl groups is 1. The van der Waals surface area contributed by atoms with E-state index in [1.165, 1.54) is 56.0 Å². The van der Waals surface area contributed by atoms with Crippen molar-refractivity contribution in [2.75, 3.05) is 18.6 Å². The highest BCUT2D eigenvalue weighted by atomic mass is 32.1. The van der Waals surface area contributed by atoms with Crippen molar-refractivity contribution in [3.63, 3.8) is 0 Å². The molecule has 0 aliphatic rings. The largest absolute Gasteiger partial charge is 0.485 e. The topological polar surface area (TPSA) is 160 Å². The number of ether oxygens (including phenoxy) is 2. The maximum atomic E-state index is 15.3. The van der Waals surface area contributed by atoms with Crippen molar-refractivity contribution in [1.29, 1.82) is 0 Å². The quantitative estimate of drug-likeness (QED) is 0.186. The normalized spacial score (nSPS) is 13.3. The Labute approximate surface area is 261 Å². The van der Waals surface area contributed by atoms with Gasteiger partial charge < -0.3 is 25.0 Å². The first-order chi connectivity index (χ1) is 21.4. The molecule has 0 spiro atoms. The van der Waals surface area contributed by atoms with Crippen LogP contribution in [-0.2, 0) is 0 Å². The van der Waals surface area contributed by atoms with E-state index in [4.69, 9.17) is 9.47 Å². The van der Waals surface area contributed by atoms with Crippen LogP contribution in [0.2, 0.25) is 0 Å². The average molecular weight is 635 g/mol. The first-order valence-corrected chi connectivity index (χ1v) is 14.8. The summed E-state index contributed by atoms with van der Waals surface area (Å²) in [7, 11) is 1.52. The zero-order valence-electron chi connectivity index (χ0n) is 25.1. The van der Waals surface area contributed by atoms with Crippen LogP contribution in [0.4, 0.5) is 14.9 Å². The van der Waals surface area contributed by atoms with Gasteiger partial charge in [0.15, 0.2) is 11.6 Å². The van der Waals surface area contributed by atoms with Crippen LogP contribution >= 0.6 is 11.3 Å². The number of halogens is 1. The Hall–Kier alpha value is -4.95. The van der Waals surface area contributed by atoms with Gasteiger partial charge in [-0.05, 0) is 57.5 Å². The van der Waals surface area contributed by atoms with Crippen LogP contribution in [0, 0.1) is 12.7 Å². The summed E-state index contributed by atoms with van der Waals surface area (Å²) in [5.41, 5.74) is 3.56. The Morgan fingerprint density at radius 3 is 2.58 bits per heavy atom. The summed E-state index contributed by atoms with van der Waals surface area (Å²) in [5, 5.41) is 22.7. The van der Waals surface area contributed by atoms with Gasteiger partial charge in [-0.15, -0.1) is 11.3 Å². The van der Waals surface area contributed by atoms with Crippen LogP contribution in [0.3, 0.4) is 0 Å². The van der Waals surface area contributed by atoms with Gasteiger partial charge in [-0.25, -0.2) is 24.1 Å². The predicted molar refractivity (Wildman–Crippen MR) is 168 cm³/mol. The average Bonchev–Trinajstić information content (AvgIpc) is 3.41. The summed E-state index contributed by atoms with van der Waals surface area (Å²) < 4.78 is 27.2. The number of carboxylic acid groups (broad SMARTS) is 1. The number of thiazole rings is 1. The van der Waals surface area contributed by atoms with E-state index in [1.54, 1.807) is 19.9 Å². The number of amides is 2. The summed E-state index contributed by atoms with van der Waals surface area (Å²) in [6.45, 7) is 6.72. The number of aromatic nitrogens is 4. The number of nitrogens with one attached hydrogen (secondary N) is 1. The summed E-state index contributed by atoms with van der Waals surface area (Å²) in [6.07, 6.45) is -0.0265. The molecule has 5 aromatic rings. The number of pyridine rings is 1. The maximum Gasteiger partial charge on any atom is 0.412 e. The second kappa shape index (κ2) is 13.0. The highest BCUT2D eigenvalue weighted by molar-refractivity contribution is 7.21. The third-order valence-electron chi connectivity index (χ3n) is 7.07. The first kappa shape index (κ1) is 31.5. The van der Waals surface area contributed by atoms with Gasteiger partial charge in [-0.2, -0.15) is 0 Å². The minimum Gasteiger partial charge on any atom is -0.485 e. The number of aliphatic hydroxyl groups excluding tert-OH is 1. The van der Waals surface area contributed by atoms with E-state index in [1.807, 2.05) is 19.1 Å². The second-order valence-electron chi connectivity index (χ2n) is 10.5. The van der Waals surface area contributed by atoms with Gasteiger partial charge in [0.1, 0.15) is 16.8 Å². The molecule has 2 amide bonds. The second-order valence-corrected chi connectivity index (χ2v) is 11.6. The summed E-state index contributed by atoms with van der Waals surface area (Å²) in [5.74, 6) is -0.891. The van der Waals surface area contributed by atoms with Crippen molar-refractivity contribution in [3.05, 3.63) is 65.9 Å². The number of aryl methyl sites for hydroxylation is 1. The van der Waals surface area contributed by atoms with Crippen LogP contribution in [0.1, 0.15) is 36.8 Å². The molecule has 14 heteroatoms. The number of anilines is 1. The van der Waals surface area contributed by atoms with E-state index < -0.39 is 36.1 Å².